The number of methoxy groups -OCH3 is 1. The van der Waals surface area contributed by atoms with E-state index in [0.29, 0.717) is 0 Å². The molecular formula is C22H26O4. The van der Waals surface area contributed by atoms with E-state index in [-0.39, 0.29) is 49.1 Å². The molecule has 0 saturated carbocycles. The molecule has 2 rings (SSSR count). The highest BCUT2D eigenvalue weighted by atomic mass is 16.5. The first-order chi connectivity index (χ1) is 12.6. The van der Waals surface area contributed by atoms with Gasteiger partial charge in [-0.2, -0.15) is 0 Å². The lowest BCUT2D eigenvalue weighted by Gasteiger charge is -2.22. The first kappa shape index (κ1) is 19.7. The highest BCUT2D eigenvalue weighted by Gasteiger charge is 2.19. The van der Waals surface area contributed by atoms with Gasteiger partial charge in [-0.15, -0.1) is 6.58 Å². The van der Waals surface area contributed by atoms with Crippen molar-refractivity contribution in [2.45, 2.75) is 25.2 Å². The minimum atomic E-state index is -0.314. The summed E-state index contributed by atoms with van der Waals surface area (Å²) >= 11 is 0. The van der Waals surface area contributed by atoms with E-state index in [4.69, 9.17) is 9.47 Å². The average Bonchev–Trinajstić information content (AvgIpc) is 2.66. The normalized spacial score (nSPS) is 26.5. The molecule has 138 valence electrons. The van der Waals surface area contributed by atoms with Crippen molar-refractivity contribution in [3.05, 3.63) is 72.9 Å². The SMILES string of the molecule is C=C[C@@H]1/C=C/CC(=O)OC[C@@H](CC(=O)OC)/C=C\C[C@H]1c1ccccc1. The molecule has 0 aromatic heterocycles. The summed E-state index contributed by atoms with van der Waals surface area (Å²) in [6, 6.07) is 10.3. The van der Waals surface area contributed by atoms with Gasteiger partial charge in [-0.05, 0) is 17.9 Å². The largest absolute Gasteiger partial charge is 0.469 e. The van der Waals surface area contributed by atoms with Crippen LogP contribution in [0.4, 0.5) is 0 Å². The number of hydrogen-bond acceptors (Lipinski definition) is 4. The maximum atomic E-state index is 11.9. The van der Waals surface area contributed by atoms with Crippen molar-refractivity contribution in [2.75, 3.05) is 13.7 Å². The number of benzene rings is 1. The van der Waals surface area contributed by atoms with E-state index >= 15 is 0 Å². The summed E-state index contributed by atoms with van der Waals surface area (Å²) in [5.74, 6) is -0.479. The van der Waals surface area contributed by atoms with E-state index in [9.17, 15) is 9.59 Å². The second kappa shape index (κ2) is 10.4. The van der Waals surface area contributed by atoms with Gasteiger partial charge >= 0.3 is 11.9 Å². The molecule has 26 heavy (non-hydrogen) atoms. The van der Waals surface area contributed by atoms with Crippen molar-refractivity contribution in [1.82, 2.24) is 0 Å². The lowest BCUT2D eigenvalue weighted by Crippen LogP contribution is -2.17. The van der Waals surface area contributed by atoms with Gasteiger partial charge < -0.3 is 9.47 Å². The van der Waals surface area contributed by atoms with E-state index < -0.39 is 0 Å². The van der Waals surface area contributed by atoms with Crippen molar-refractivity contribution in [1.29, 1.82) is 0 Å². The maximum Gasteiger partial charge on any atom is 0.309 e. The number of ether oxygens (including phenoxy) is 2. The third-order valence-electron chi connectivity index (χ3n) is 4.52. The fraction of sp³-hybridized carbons (Fsp3) is 0.364. The lowest BCUT2D eigenvalue weighted by molar-refractivity contribution is -0.147. The molecule has 0 radical (unpaired) electrons. The summed E-state index contributed by atoms with van der Waals surface area (Å²) in [5.41, 5.74) is 1.22. The number of rotatable bonds is 4. The van der Waals surface area contributed by atoms with Gasteiger partial charge in [-0.1, -0.05) is 60.7 Å². The zero-order valence-corrected chi connectivity index (χ0v) is 15.2. The fourth-order valence-corrected chi connectivity index (χ4v) is 3.07. The van der Waals surface area contributed by atoms with Crippen LogP contribution in [0.5, 0.6) is 0 Å². The highest BCUT2D eigenvalue weighted by molar-refractivity contribution is 5.71. The number of allylic oxidation sites excluding steroid dienone is 3. The van der Waals surface area contributed by atoms with E-state index in [1.165, 1.54) is 12.7 Å². The van der Waals surface area contributed by atoms with Crippen LogP contribution in [0.2, 0.25) is 0 Å². The molecule has 3 atom stereocenters. The molecule has 1 aliphatic heterocycles. The Morgan fingerprint density at radius 1 is 1.27 bits per heavy atom. The molecule has 0 amide bonds. The minimum Gasteiger partial charge on any atom is -0.469 e. The molecule has 4 heteroatoms. The predicted octanol–water partition coefficient (Wildman–Crippen LogP) is 4.20. The standard InChI is InChI=1S/C22H26O4/c1-3-18-12-8-14-21(23)26-16-17(15-22(24)25-2)9-7-13-20(18)19-10-5-4-6-11-19/h3-12,17-18,20H,1,13-16H2,2H3/b9-7-,12-8+/t17-,18-,20-/m1/s1. The molecule has 0 bridgehead atoms. The molecule has 1 aromatic rings. The molecular weight excluding hydrogens is 328 g/mol. The monoisotopic (exact) mass is 354 g/mol. The first-order valence-corrected chi connectivity index (χ1v) is 8.87. The number of carbonyl (C=O) groups is 2. The Balaban J connectivity index is 2.26. The predicted molar refractivity (Wildman–Crippen MR) is 101 cm³/mol. The van der Waals surface area contributed by atoms with Gasteiger partial charge in [0.2, 0.25) is 0 Å². The molecule has 0 saturated heterocycles. The van der Waals surface area contributed by atoms with E-state index in [2.05, 4.69) is 24.8 Å². The first-order valence-electron chi connectivity index (χ1n) is 8.87. The van der Waals surface area contributed by atoms with Gasteiger partial charge in [-0.3, -0.25) is 9.59 Å². The molecule has 0 aliphatic carbocycles. The van der Waals surface area contributed by atoms with Crippen LogP contribution in [0, 0.1) is 11.8 Å². The molecule has 1 aliphatic rings. The molecule has 1 heterocycles. The van der Waals surface area contributed by atoms with Crippen LogP contribution in [0.15, 0.2) is 67.3 Å². The lowest BCUT2D eigenvalue weighted by atomic mass is 9.82. The van der Waals surface area contributed by atoms with Crippen LogP contribution in [0.1, 0.15) is 30.7 Å². The summed E-state index contributed by atoms with van der Waals surface area (Å²) in [7, 11) is 1.36. The Bertz CT molecular complexity index is 660. The number of carbonyl (C=O) groups excluding carboxylic acids is 2. The highest BCUT2D eigenvalue weighted by Crippen LogP contribution is 2.31. The Morgan fingerprint density at radius 3 is 2.73 bits per heavy atom. The zero-order chi connectivity index (χ0) is 18.8. The molecule has 0 unspecified atom stereocenters. The average molecular weight is 354 g/mol. The summed E-state index contributed by atoms with van der Waals surface area (Å²) < 4.78 is 10.0. The maximum absolute atomic E-state index is 11.9. The van der Waals surface area contributed by atoms with Gasteiger partial charge in [0.25, 0.3) is 0 Å². The van der Waals surface area contributed by atoms with Crippen LogP contribution >= 0.6 is 0 Å². The molecule has 0 fully saturated rings. The molecule has 0 spiro atoms. The zero-order valence-electron chi connectivity index (χ0n) is 15.2. The third kappa shape index (κ3) is 6.03. The number of esters is 2. The number of hydrogen-bond donors (Lipinski definition) is 0. The Labute approximate surface area is 155 Å². The van der Waals surface area contributed by atoms with Crippen LogP contribution in [0.3, 0.4) is 0 Å². The quantitative estimate of drug-likeness (QED) is 0.601. The molecule has 4 nitrogen and oxygen atoms in total. The van der Waals surface area contributed by atoms with Gasteiger partial charge in [0.05, 0.1) is 26.6 Å². The van der Waals surface area contributed by atoms with Crippen molar-refractivity contribution in [3.8, 4) is 0 Å². The summed E-state index contributed by atoms with van der Waals surface area (Å²) in [4.78, 5) is 23.5. The summed E-state index contributed by atoms with van der Waals surface area (Å²) in [6.07, 6.45) is 11.0. The summed E-state index contributed by atoms with van der Waals surface area (Å²) in [6.45, 7) is 4.14. The van der Waals surface area contributed by atoms with Crippen LogP contribution in [-0.2, 0) is 19.1 Å². The fourth-order valence-electron chi connectivity index (χ4n) is 3.07. The second-order valence-corrected chi connectivity index (χ2v) is 6.35. The Morgan fingerprint density at radius 2 is 2.04 bits per heavy atom. The summed E-state index contributed by atoms with van der Waals surface area (Å²) in [5, 5.41) is 0. The number of cyclic esters (lactones) is 1. The van der Waals surface area contributed by atoms with E-state index in [1.807, 2.05) is 42.5 Å². The molecule has 0 N–H and O–H groups in total. The van der Waals surface area contributed by atoms with Crippen molar-refractivity contribution in [3.63, 3.8) is 0 Å². The molecule has 1 aromatic carbocycles. The van der Waals surface area contributed by atoms with Gasteiger partial charge in [0.15, 0.2) is 0 Å². The van der Waals surface area contributed by atoms with Crippen molar-refractivity contribution in [2.24, 2.45) is 11.8 Å². The Hall–Kier alpha value is -2.62. The van der Waals surface area contributed by atoms with Crippen LogP contribution in [0.25, 0.3) is 0 Å². The minimum absolute atomic E-state index is 0.105. The van der Waals surface area contributed by atoms with Crippen LogP contribution in [-0.4, -0.2) is 25.7 Å². The van der Waals surface area contributed by atoms with Gasteiger partial charge in [0.1, 0.15) is 0 Å². The topological polar surface area (TPSA) is 52.6 Å². The second-order valence-electron chi connectivity index (χ2n) is 6.35. The van der Waals surface area contributed by atoms with Crippen molar-refractivity contribution >= 4 is 11.9 Å². The third-order valence-corrected chi connectivity index (χ3v) is 4.52. The van der Waals surface area contributed by atoms with E-state index in [0.717, 1.165) is 6.42 Å². The van der Waals surface area contributed by atoms with E-state index in [1.54, 1.807) is 0 Å². The Kier molecular flexibility index (Phi) is 7.87. The van der Waals surface area contributed by atoms with Crippen molar-refractivity contribution < 1.29 is 19.1 Å². The smallest absolute Gasteiger partial charge is 0.309 e. The van der Waals surface area contributed by atoms with Gasteiger partial charge in [-0.25, -0.2) is 0 Å². The van der Waals surface area contributed by atoms with Crippen LogP contribution < -0.4 is 0 Å². The van der Waals surface area contributed by atoms with Gasteiger partial charge in [0, 0.05) is 11.8 Å².